The van der Waals surface area contributed by atoms with Crippen molar-refractivity contribution in [3.8, 4) is 0 Å². The predicted octanol–water partition coefficient (Wildman–Crippen LogP) is 2.78. The molecule has 2 atom stereocenters. The monoisotopic (exact) mass is 274 g/mol. The van der Waals surface area contributed by atoms with Crippen LogP contribution in [0.4, 0.5) is 11.8 Å². The van der Waals surface area contributed by atoms with E-state index in [0.29, 0.717) is 12.0 Å². The second kappa shape index (κ2) is 5.64. The molecule has 20 heavy (non-hydrogen) atoms. The summed E-state index contributed by atoms with van der Waals surface area (Å²) in [5, 5.41) is 14.5. The maximum Gasteiger partial charge on any atom is 0.226 e. The molecule has 3 N–H and O–H groups in total. The van der Waals surface area contributed by atoms with Crippen LogP contribution in [0, 0.1) is 5.92 Å². The lowest BCUT2D eigenvalue weighted by Crippen LogP contribution is -2.19. The van der Waals surface area contributed by atoms with Crippen LogP contribution in [0.3, 0.4) is 0 Å². The molecule has 2 unspecified atom stereocenters. The molecule has 0 bridgehead atoms. The Kier molecular flexibility index (Phi) is 3.71. The first-order chi connectivity index (χ1) is 9.76. The quantitative estimate of drug-likeness (QED) is 0.750. The third-order valence-corrected chi connectivity index (χ3v) is 4.13. The number of aromatic nitrogens is 4. The van der Waals surface area contributed by atoms with Crippen LogP contribution in [0.25, 0.3) is 11.0 Å². The van der Waals surface area contributed by atoms with Crippen molar-refractivity contribution in [2.75, 3.05) is 17.7 Å². The van der Waals surface area contributed by atoms with E-state index in [1.165, 1.54) is 32.1 Å². The Bertz CT molecular complexity index is 578. The highest BCUT2D eigenvalue weighted by molar-refractivity contribution is 5.87. The molecule has 2 aromatic heterocycles. The molecule has 1 aliphatic carbocycles. The van der Waals surface area contributed by atoms with E-state index in [1.807, 2.05) is 7.05 Å². The van der Waals surface area contributed by atoms with Gasteiger partial charge in [0.25, 0.3) is 0 Å². The molecule has 0 amide bonds. The van der Waals surface area contributed by atoms with Crippen LogP contribution in [0.15, 0.2) is 6.20 Å². The molecule has 0 spiro atoms. The van der Waals surface area contributed by atoms with E-state index in [1.54, 1.807) is 6.20 Å². The zero-order chi connectivity index (χ0) is 13.9. The molecule has 3 rings (SSSR count). The number of nitrogens with one attached hydrogen (secondary N) is 3. The number of hydrogen-bond acceptors (Lipinski definition) is 5. The summed E-state index contributed by atoms with van der Waals surface area (Å²) in [6.45, 7) is 2.35. The molecule has 2 aromatic rings. The minimum absolute atomic E-state index is 0.498. The van der Waals surface area contributed by atoms with Crippen molar-refractivity contribution in [3.05, 3.63) is 6.20 Å². The lowest BCUT2D eigenvalue weighted by Gasteiger charge is -2.17. The highest BCUT2D eigenvalue weighted by Crippen LogP contribution is 2.27. The van der Waals surface area contributed by atoms with Crippen molar-refractivity contribution in [1.29, 1.82) is 0 Å². The molecule has 0 aliphatic heterocycles. The SMILES string of the molecule is CNc1nc(NC2CCCC(C)CC2)c2cn[nH]c2n1. The van der Waals surface area contributed by atoms with Gasteiger partial charge in [0.05, 0.1) is 11.6 Å². The molecule has 108 valence electrons. The van der Waals surface area contributed by atoms with Gasteiger partial charge in [0.15, 0.2) is 5.65 Å². The minimum Gasteiger partial charge on any atom is -0.367 e. The van der Waals surface area contributed by atoms with Gasteiger partial charge in [0, 0.05) is 13.1 Å². The lowest BCUT2D eigenvalue weighted by atomic mass is 10.0. The van der Waals surface area contributed by atoms with Crippen LogP contribution in [-0.4, -0.2) is 33.3 Å². The summed E-state index contributed by atoms with van der Waals surface area (Å²) in [6, 6.07) is 0.498. The van der Waals surface area contributed by atoms with Crippen molar-refractivity contribution in [2.24, 2.45) is 5.92 Å². The number of hydrogen-bond donors (Lipinski definition) is 3. The van der Waals surface area contributed by atoms with E-state index in [4.69, 9.17) is 0 Å². The van der Waals surface area contributed by atoms with Gasteiger partial charge in [-0.2, -0.15) is 15.1 Å². The third-order valence-electron chi connectivity index (χ3n) is 4.13. The largest absolute Gasteiger partial charge is 0.367 e. The van der Waals surface area contributed by atoms with E-state index < -0.39 is 0 Å². The lowest BCUT2D eigenvalue weighted by molar-refractivity contribution is 0.502. The van der Waals surface area contributed by atoms with Gasteiger partial charge in [0.2, 0.25) is 5.95 Å². The molecular formula is C14H22N6. The fraction of sp³-hybridized carbons (Fsp3) is 0.643. The second-order valence-corrected chi connectivity index (χ2v) is 5.73. The summed E-state index contributed by atoms with van der Waals surface area (Å²) >= 11 is 0. The van der Waals surface area contributed by atoms with Crippen molar-refractivity contribution in [1.82, 2.24) is 20.2 Å². The molecule has 0 aromatic carbocycles. The second-order valence-electron chi connectivity index (χ2n) is 5.73. The van der Waals surface area contributed by atoms with Crippen molar-refractivity contribution in [2.45, 2.75) is 45.1 Å². The normalized spacial score (nSPS) is 23.5. The Labute approximate surface area is 118 Å². The summed E-state index contributed by atoms with van der Waals surface area (Å²) in [6.07, 6.45) is 8.12. The van der Waals surface area contributed by atoms with Gasteiger partial charge in [-0.15, -0.1) is 0 Å². The van der Waals surface area contributed by atoms with Crippen LogP contribution >= 0.6 is 0 Å². The fourth-order valence-electron chi connectivity index (χ4n) is 2.88. The zero-order valence-electron chi connectivity index (χ0n) is 12.1. The van der Waals surface area contributed by atoms with Gasteiger partial charge in [0.1, 0.15) is 5.82 Å². The Hall–Kier alpha value is -1.85. The maximum atomic E-state index is 4.54. The molecule has 0 saturated heterocycles. The van der Waals surface area contributed by atoms with Crippen LogP contribution < -0.4 is 10.6 Å². The van der Waals surface area contributed by atoms with Crippen LogP contribution in [0.5, 0.6) is 0 Å². The molecule has 6 heteroatoms. The summed E-state index contributed by atoms with van der Waals surface area (Å²) in [4.78, 5) is 8.90. The Morgan fingerprint density at radius 3 is 2.95 bits per heavy atom. The Balaban J connectivity index is 1.84. The van der Waals surface area contributed by atoms with Gasteiger partial charge >= 0.3 is 0 Å². The van der Waals surface area contributed by atoms with E-state index in [2.05, 4.69) is 37.7 Å². The van der Waals surface area contributed by atoms with Gasteiger partial charge in [-0.05, 0) is 25.2 Å². The van der Waals surface area contributed by atoms with E-state index in [9.17, 15) is 0 Å². The maximum absolute atomic E-state index is 4.54. The molecule has 6 nitrogen and oxygen atoms in total. The van der Waals surface area contributed by atoms with Crippen molar-refractivity contribution in [3.63, 3.8) is 0 Å². The standard InChI is InChI=1S/C14H22N6/c1-9-4-3-5-10(7-6-9)17-12-11-8-16-20-13(11)19-14(15-2)18-12/h8-10H,3-7H2,1-2H3,(H3,15,16,17,18,19,20). The average Bonchev–Trinajstić information content (AvgIpc) is 2.83. The first-order valence-corrected chi connectivity index (χ1v) is 7.41. The zero-order valence-corrected chi connectivity index (χ0v) is 12.1. The summed E-state index contributed by atoms with van der Waals surface area (Å²) in [5.41, 5.74) is 0.772. The highest BCUT2D eigenvalue weighted by atomic mass is 15.2. The first-order valence-electron chi connectivity index (χ1n) is 7.41. The molecule has 2 heterocycles. The van der Waals surface area contributed by atoms with Crippen LogP contribution in [0.2, 0.25) is 0 Å². The van der Waals surface area contributed by atoms with Gasteiger partial charge in [-0.3, -0.25) is 5.10 Å². The smallest absolute Gasteiger partial charge is 0.226 e. The fourth-order valence-corrected chi connectivity index (χ4v) is 2.88. The van der Waals surface area contributed by atoms with E-state index in [-0.39, 0.29) is 0 Å². The molecule has 1 fully saturated rings. The summed E-state index contributed by atoms with van der Waals surface area (Å²) in [7, 11) is 1.83. The van der Waals surface area contributed by atoms with Crippen LogP contribution in [-0.2, 0) is 0 Å². The van der Waals surface area contributed by atoms with Crippen LogP contribution in [0.1, 0.15) is 39.0 Å². The van der Waals surface area contributed by atoms with Crippen molar-refractivity contribution < 1.29 is 0 Å². The van der Waals surface area contributed by atoms with Crippen molar-refractivity contribution >= 4 is 22.8 Å². The molecule has 1 aliphatic rings. The highest BCUT2D eigenvalue weighted by Gasteiger charge is 2.18. The number of rotatable bonds is 3. The van der Waals surface area contributed by atoms with E-state index >= 15 is 0 Å². The molecular weight excluding hydrogens is 252 g/mol. The summed E-state index contributed by atoms with van der Waals surface area (Å²) < 4.78 is 0. The third kappa shape index (κ3) is 2.69. The topological polar surface area (TPSA) is 78.5 Å². The van der Waals surface area contributed by atoms with Gasteiger partial charge in [-0.1, -0.05) is 19.8 Å². The minimum atomic E-state index is 0.498. The number of anilines is 2. The predicted molar refractivity (Wildman–Crippen MR) is 80.9 cm³/mol. The first kappa shape index (κ1) is 13.1. The van der Waals surface area contributed by atoms with Gasteiger partial charge < -0.3 is 10.6 Å². The number of H-pyrrole nitrogens is 1. The Morgan fingerprint density at radius 1 is 1.20 bits per heavy atom. The van der Waals surface area contributed by atoms with Gasteiger partial charge in [-0.25, -0.2) is 0 Å². The molecule has 1 saturated carbocycles. The van der Waals surface area contributed by atoms with E-state index in [0.717, 1.165) is 22.8 Å². The number of aromatic amines is 1. The molecule has 0 radical (unpaired) electrons. The Morgan fingerprint density at radius 2 is 2.10 bits per heavy atom. The number of fused-ring (bicyclic) bond motifs is 1. The average molecular weight is 274 g/mol. The number of nitrogens with zero attached hydrogens (tertiary/aromatic N) is 3. The summed E-state index contributed by atoms with van der Waals surface area (Å²) in [5.74, 6) is 2.34.